The number of halogens is 1. The van der Waals surface area contributed by atoms with Gasteiger partial charge in [-0.05, 0) is 31.2 Å². The number of hydrogen-bond donors (Lipinski definition) is 0. The molecule has 18 heavy (non-hydrogen) atoms. The molecule has 94 valence electrons. The highest BCUT2D eigenvalue weighted by atomic mass is 19.1. The first-order valence-corrected chi connectivity index (χ1v) is 5.52. The fourth-order valence-corrected chi connectivity index (χ4v) is 1.57. The molecule has 0 aliphatic carbocycles. The molecular formula is C13H12FNO3. The fourth-order valence-electron chi connectivity index (χ4n) is 1.57. The lowest BCUT2D eigenvalue weighted by molar-refractivity contribution is 0.0490. The molecule has 0 aliphatic rings. The Morgan fingerprint density at radius 3 is 2.67 bits per heavy atom. The summed E-state index contributed by atoms with van der Waals surface area (Å²) in [6, 6.07) is 5.67. The zero-order chi connectivity index (χ0) is 13.1. The third-order valence-corrected chi connectivity index (χ3v) is 2.31. The molecule has 0 aliphatic heterocycles. The molecule has 1 heterocycles. The number of nitrogens with zero attached hydrogens (tertiary/aromatic N) is 1. The van der Waals surface area contributed by atoms with E-state index in [1.165, 1.54) is 24.3 Å². The van der Waals surface area contributed by atoms with E-state index in [2.05, 4.69) is 4.98 Å². The number of carbonyl (C=O) groups is 1. The van der Waals surface area contributed by atoms with Gasteiger partial charge in [-0.25, -0.2) is 14.2 Å². The predicted octanol–water partition coefficient (Wildman–Crippen LogP) is 2.97. The topological polar surface area (TPSA) is 52.3 Å². The Kier molecular flexibility index (Phi) is 3.41. The van der Waals surface area contributed by atoms with Gasteiger partial charge in [-0.3, -0.25) is 0 Å². The second kappa shape index (κ2) is 5.00. The maximum atomic E-state index is 12.9. The maximum absolute atomic E-state index is 12.9. The van der Waals surface area contributed by atoms with E-state index >= 15 is 0 Å². The molecule has 0 unspecified atom stereocenters. The van der Waals surface area contributed by atoms with E-state index in [0.717, 1.165) is 0 Å². The summed E-state index contributed by atoms with van der Waals surface area (Å²) in [5, 5.41) is 0. The molecule has 4 nitrogen and oxygen atoms in total. The summed E-state index contributed by atoms with van der Waals surface area (Å²) in [4.78, 5) is 15.8. The number of aryl methyl sites for hydroxylation is 1. The van der Waals surface area contributed by atoms with Gasteiger partial charge in [0.25, 0.3) is 0 Å². The third-order valence-electron chi connectivity index (χ3n) is 2.31. The van der Waals surface area contributed by atoms with E-state index < -0.39 is 5.97 Å². The zero-order valence-corrected chi connectivity index (χ0v) is 10.1. The highest BCUT2D eigenvalue weighted by molar-refractivity contribution is 5.93. The van der Waals surface area contributed by atoms with Gasteiger partial charge in [0.15, 0.2) is 5.89 Å². The highest BCUT2D eigenvalue weighted by Gasteiger charge is 2.21. The van der Waals surface area contributed by atoms with Crippen LogP contribution in [0.1, 0.15) is 23.4 Å². The Morgan fingerprint density at radius 2 is 2.06 bits per heavy atom. The van der Waals surface area contributed by atoms with Gasteiger partial charge in [-0.1, -0.05) is 0 Å². The van der Waals surface area contributed by atoms with Gasteiger partial charge in [0.1, 0.15) is 11.5 Å². The van der Waals surface area contributed by atoms with E-state index in [1.807, 2.05) is 0 Å². The number of esters is 1. The van der Waals surface area contributed by atoms with Crippen LogP contribution in [0.4, 0.5) is 4.39 Å². The number of carbonyl (C=O) groups excluding carboxylic acids is 1. The van der Waals surface area contributed by atoms with Gasteiger partial charge in [-0.15, -0.1) is 0 Å². The molecule has 1 aromatic heterocycles. The van der Waals surface area contributed by atoms with E-state index in [1.54, 1.807) is 13.8 Å². The van der Waals surface area contributed by atoms with Gasteiger partial charge in [0.05, 0.1) is 6.61 Å². The number of oxazole rings is 1. The van der Waals surface area contributed by atoms with Crippen molar-refractivity contribution in [2.75, 3.05) is 6.61 Å². The quantitative estimate of drug-likeness (QED) is 0.785. The van der Waals surface area contributed by atoms with Crippen molar-refractivity contribution in [1.82, 2.24) is 4.98 Å². The van der Waals surface area contributed by atoms with Gasteiger partial charge in [-0.2, -0.15) is 0 Å². The average molecular weight is 249 g/mol. The van der Waals surface area contributed by atoms with E-state index in [0.29, 0.717) is 17.1 Å². The van der Waals surface area contributed by atoms with Gasteiger partial charge >= 0.3 is 5.97 Å². The summed E-state index contributed by atoms with van der Waals surface area (Å²) in [5.41, 5.74) is 0.974. The molecule has 0 fully saturated rings. The molecule has 1 aromatic carbocycles. The third kappa shape index (κ3) is 2.40. The van der Waals surface area contributed by atoms with Crippen LogP contribution in [0.2, 0.25) is 0 Å². The Morgan fingerprint density at radius 1 is 1.39 bits per heavy atom. The van der Waals surface area contributed by atoms with Crippen LogP contribution in [0.15, 0.2) is 28.7 Å². The average Bonchev–Trinajstić information content (AvgIpc) is 2.73. The Bertz CT molecular complexity index is 560. The van der Waals surface area contributed by atoms with Crippen molar-refractivity contribution in [3.05, 3.63) is 41.7 Å². The fraction of sp³-hybridized carbons (Fsp3) is 0.231. The predicted molar refractivity (Wildman–Crippen MR) is 62.6 cm³/mol. The van der Waals surface area contributed by atoms with Crippen molar-refractivity contribution in [2.45, 2.75) is 13.8 Å². The van der Waals surface area contributed by atoms with Crippen molar-refractivity contribution in [1.29, 1.82) is 0 Å². The summed E-state index contributed by atoms with van der Waals surface area (Å²) in [5.74, 6) is -0.521. The molecule has 2 aromatic rings. The minimum absolute atomic E-state index is 0.0426. The summed E-state index contributed by atoms with van der Waals surface area (Å²) in [7, 11) is 0. The smallest absolute Gasteiger partial charge is 0.376 e. The first kappa shape index (κ1) is 12.3. The highest BCUT2D eigenvalue weighted by Crippen LogP contribution is 2.24. The number of aromatic nitrogens is 1. The molecule has 0 amide bonds. The summed E-state index contributed by atoms with van der Waals surface area (Å²) >= 11 is 0. The Balaban J connectivity index is 2.44. The standard InChI is InChI=1S/C13H12FNO3/c1-3-17-13(16)12-11(15-8(2)18-12)9-4-6-10(14)7-5-9/h4-7H,3H2,1-2H3. The molecule has 5 heteroatoms. The van der Waals surface area contributed by atoms with Crippen molar-refractivity contribution >= 4 is 5.97 Å². The van der Waals surface area contributed by atoms with Gasteiger partial charge in [0.2, 0.25) is 5.76 Å². The van der Waals surface area contributed by atoms with Gasteiger partial charge < -0.3 is 9.15 Å². The first-order chi connectivity index (χ1) is 8.61. The van der Waals surface area contributed by atoms with Crippen molar-refractivity contribution in [3.8, 4) is 11.3 Å². The van der Waals surface area contributed by atoms with Crippen molar-refractivity contribution in [2.24, 2.45) is 0 Å². The van der Waals surface area contributed by atoms with Crippen LogP contribution in [0.5, 0.6) is 0 Å². The molecule has 0 bridgehead atoms. The normalized spacial score (nSPS) is 10.4. The Labute approximate surface area is 103 Å². The molecule has 0 atom stereocenters. The van der Waals surface area contributed by atoms with Crippen molar-refractivity contribution < 1.29 is 18.3 Å². The lowest BCUT2D eigenvalue weighted by atomic mass is 10.1. The molecule has 2 rings (SSSR count). The van der Waals surface area contributed by atoms with E-state index in [-0.39, 0.29) is 18.2 Å². The molecule has 0 radical (unpaired) electrons. The maximum Gasteiger partial charge on any atom is 0.376 e. The van der Waals surface area contributed by atoms with Crippen LogP contribution < -0.4 is 0 Å². The number of rotatable bonds is 3. The lowest BCUT2D eigenvalue weighted by Crippen LogP contribution is -2.04. The second-order valence-corrected chi connectivity index (χ2v) is 3.64. The molecule has 0 saturated carbocycles. The van der Waals surface area contributed by atoms with Crippen molar-refractivity contribution in [3.63, 3.8) is 0 Å². The van der Waals surface area contributed by atoms with Crippen LogP contribution in [-0.4, -0.2) is 17.6 Å². The van der Waals surface area contributed by atoms with Crippen LogP contribution in [-0.2, 0) is 4.74 Å². The van der Waals surface area contributed by atoms with Crippen LogP contribution in [0.3, 0.4) is 0 Å². The molecular weight excluding hydrogens is 237 g/mol. The van der Waals surface area contributed by atoms with Crippen LogP contribution in [0, 0.1) is 12.7 Å². The largest absolute Gasteiger partial charge is 0.460 e. The SMILES string of the molecule is CCOC(=O)c1oc(C)nc1-c1ccc(F)cc1. The zero-order valence-electron chi connectivity index (χ0n) is 10.1. The minimum atomic E-state index is -0.572. The van der Waals surface area contributed by atoms with E-state index in [9.17, 15) is 9.18 Å². The molecule has 0 N–H and O–H groups in total. The number of ether oxygens (including phenoxy) is 1. The molecule has 0 saturated heterocycles. The van der Waals surface area contributed by atoms with Crippen LogP contribution in [0.25, 0.3) is 11.3 Å². The Hall–Kier alpha value is -2.17. The van der Waals surface area contributed by atoms with Crippen LogP contribution >= 0.6 is 0 Å². The lowest BCUT2D eigenvalue weighted by Gasteiger charge is -2.01. The first-order valence-electron chi connectivity index (χ1n) is 5.52. The second-order valence-electron chi connectivity index (χ2n) is 3.64. The summed E-state index contributed by atoms with van der Waals surface area (Å²) in [6.45, 7) is 3.59. The summed E-state index contributed by atoms with van der Waals surface area (Å²) in [6.07, 6.45) is 0. The molecule has 0 spiro atoms. The number of benzene rings is 1. The summed E-state index contributed by atoms with van der Waals surface area (Å²) < 4.78 is 23.0. The minimum Gasteiger partial charge on any atom is -0.460 e. The monoisotopic (exact) mass is 249 g/mol. The number of hydrogen-bond acceptors (Lipinski definition) is 4. The van der Waals surface area contributed by atoms with E-state index in [4.69, 9.17) is 9.15 Å². The van der Waals surface area contributed by atoms with Gasteiger partial charge in [0, 0.05) is 12.5 Å².